The number of fused-ring (bicyclic) bond motifs is 2. The Morgan fingerprint density at radius 3 is 2.58 bits per heavy atom. The molecule has 0 radical (unpaired) electrons. The van der Waals surface area contributed by atoms with Crippen molar-refractivity contribution in [3.63, 3.8) is 0 Å². The number of ether oxygens (including phenoxy) is 2. The second-order valence-corrected chi connectivity index (χ2v) is 10.4. The minimum Gasteiger partial charge on any atom is -0.487 e. The van der Waals surface area contributed by atoms with Crippen LogP contribution in [-0.4, -0.2) is 40.7 Å². The van der Waals surface area contributed by atoms with Crippen LogP contribution in [0.25, 0.3) is 5.76 Å². The van der Waals surface area contributed by atoms with Crippen molar-refractivity contribution >= 4 is 17.4 Å². The largest absolute Gasteiger partial charge is 0.487 e. The van der Waals surface area contributed by atoms with Crippen molar-refractivity contribution in [1.29, 1.82) is 0 Å². The fourth-order valence-corrected chi connectivity index (χ4v) is 5.17. The standard InChI is InChI=1S/C30H33ClN2O3/c1-21(2)35-27-8-3-6-23-20-22-7-4-16-32-28(22)26(36-29(23)27)9-5-17-33-18-14-30(34,15-19-33)24-10-12-25(31)13-11-24/h3-4,6-13,16,21,34H,5,14-15,17-20H2,1-2H3. The first-order chi connectivity index (χ1) is 17.4. The summed E-state index contributed by atoms with van der Waals surface area (Å²) in [6, 6.07) is 17.7. The molecule has 3 aromatic rings. The summed E-state index contributed by atoms with van der Waals surface area (Å²) in [6.45, 7) is 6.62. The zero-order chi connectivity index (χ0) is 25.1. The summed E-state index contributed by atoms with van der Waals surface area (Å²) in [6.07, 6.45) is 7.01. The summed E-state index contributed by atoms with van der Waals surface area (Å²) in [4.78, 5) is 7.07. The third-order valence-electron chi connectivity index (χ3n) is 6.98. The van der Waals surface area contributed by atoms with E-state index >= 15 is 0 Å². The molecule has 0 atom stereocenters. The Labute approximate surface area is 218 Å². The fraction of sp³-hybridized carbons (Fsp3) is 0.367. The zero-order valence-electron chi connectivity index (χ0n) is 20.9. The molecule has 5 rings (SSSR count). The van der Waals surface area contributed by atoms with Crippen LogP contribution in [0.5, 0.6) is 11.5 Å². The number of pyridine rings is 1. The lowest BCUT2D eigenvalue weighted by Gasteiger charge is -2.38. The molecule has 1 fully saturated rings. The molecule has 0 spiro atoms. The lowest BCUT2D eigenvalue weighted by molar-refractivity contribution is -0.0254. The van der Waals surface area contributed by atoms with E-state index in [0.29, 0.717) is 17.9 Å². The van der Waals surface area contributed by atoms with Gasteiger partial charge in [0.15, 0.2) is 11.5 Å². The highest BCUT2D eigenvalue weighted by atomic mass is 35.5. The number of rotatable bonds is 6. The van der Waals surface area contributed by atoms with Crippen molar-refractivity contribution in [2.45, 2.75) is 51.2 Å². The molecule has 1 N–H and O–H groups in total. The average molecular weight is 505 g/mol. The number of hydrogen-bond donors (Lipinski definition) is 1. The van der Waals surface area contributed by atoms with Crippen LogP contribution in [0, 0.1) is 0 Å². The molecule has 188 valence electrons. The summed E-state index contributed by atoms with van der Waals surface area (Å²) in [5.41, 5.74) is 3.29. The van der Waals surface area contributed by atoms with Crippen LogP contribution in [0.4, 0.5) is 0 Å². The minimum atomic E-state index is -0.788. The van der Waals surface area contributed by atoms with Crippen molar-refractivity contribution in [3.05, 3.63) is 94.3 Å². The molecule has 0 amide bonds. The molecule has 0 bridgehead atoms. The first kappa shape index (κ1) is 24.8. The Balaban J connectivity index is 1.29. The monoisotopic (exact) mass is 504 g/mol. The molecule has 6 heteroatoms. The zero-order valence-corrected chi connectivity index (χ0v) is 21.7. The van der Waals surface area contributed by atoms with Gasteiger partial charge >= 0.3 is 0 Å². The molecule has 0 aliphatic carbocycles. The Morgan fingerprint density at radius 2 is 1.83 bits per heavy atom. The van der Waals surface area contributed by atoms with E-state index in [9.17, 15) is 5.11 Å². The average Bonchev–Trinajstić information content (AvgIpc) is 3.03. The molecule has 2 aliphatic rings. The van der Waals surface area contributed by atoms with E-state index in [1.807, 2.05) is 62.5 Å². The molecule has 36 heavy (non-hydrogen) atoms. The van der Waals surface area contributed by atoms with Crippen LogP contribution in [-0.2, 0) is 12.0 Å². The SMILES string of the molecule is CC(C)Oc1cccc2c1OC(=CCCN1CCC(O)(c3ccc(Cl)cc3)CC1)c1ncccc1C2. The summed E-state index contributed by atoms with van der Waals surface area (Å²) in [7, 11) is 0. The maximum absolute atomic E-state index is 11.2. The molecule has 0 unspecified atom stereocenters. The Kier molecular flexibility index (Phi) is 7.33. The van der Waals surface area contributed by atoms with Gasteiger partial charge in [-0.15, -0.1) is 0 Å². The van der Waals surface area contributed by atoms with E-state index in [4.69, 9.17) is 21.1 Å². The van der Waals surface area contributed by atoms with Gasteiger partial charge in [0.25, 0.3) is 0 Å². The van der Waals surface area contributed by atoms with Crippen molar-refractivity contribution in [2.24, 2.45) is 0 Å². The van der Waals surface area contributed by atoms with E-state index < -0.39 is 5.60 Å². The van der Waals surface area contributed by atoms with Crippen LogP contribution in [0.3, 0.4) is 0 Å². The molecule has 1 saturated heterocycles. The van der Waals surface area contributed by atoms with Crippen LogP contribution < -0.4 is 9.47 Å². The normalized spacial score (nSPS) is 18.3. The number of benzene rings is 2. The van der Waals surface area contributed by atoms with Crippen molar-refractivity contribution in [3.8, 4) is 11.5 Å². The summed E-state index contributed by atoms with van der Waals surface area (Å²) in [5.74, 6) is 2.32. The highest BCUT2D eigenvalue weighted by Gasteiger charge is 2.33. The molecular formula is C30H33ClN2O3. The number of nitrogens with zero attached hydrogens (tertiary/aromatic N) is 2. The van der Waals surface area contributed by atoms with Crippen LogP contribution in [0.15, 0.2) is 66.9 Å². The molecule has 5 nitrogen and oxygen atoms in total. The van der Waals surface area contributed by atoms with Gasteiger partial charge < -0.3 is 19.5 Å². The van der Waals surface area contributed by atoms with E-state index in [0.717, 1.165) is 72.1 Å². The van der Waals surface area contributed by atoms with Gasteiger partial charge in [0.2, 0.25) is 0 Å². The molecule has 3 heterocycles. The predicted molar refractivity (Wildman–Crippen MR) is 143 cm³/mol. The van der Waals surface area contributed by atoms with Crippen LogP contribution in [0.2, 0.25) is 5.02 Å². The molecule has 0 saturated carbocycles. The summed E-state index contributed by atoms with van der Waals surface area (Å²) >= 11 is 6.02. The first-order valence-electron chi connectivity index (χ1n) is 12.7. The van der Waals surface area contributed by atoms with Crippen molar-refractivity contribution < 1.29 is 14.6 Å². The Morgan fingerprint density at radius 1 is 1.08 bits per heavy atom. The maximum Gasteiger partial charge on any atom is 0.172 e. The summed E-state index contributed by atoms with van der Waals surface area (Å²) < 4.78 is 12.6. The number of likely N-dealkylation sites (tertiary alicyclic amines) is 1. The van der Waals surface area contributed by atoms with Gasteiger partial charge in [-0.2, -0.15) is 0 Å². The lowest BCUT2D eigenvalue weighted by atomic mass is 9.84. The minimum absolute atomic E-state index is 0.0573. The number of hydrogen-bond acceptors (Lipinski definition) is 5. The van der Waals surface area contributed by atoms with Gasteiger partial charge in [0.1, 0.15) is 11.5 Å². The fourth-order valence-electron chi connectivity index (χ4n) is 5.04. The van der Waals surface area contributed by atoms with Crippen molar-refractivity contribution in [1.82, 2.24) is 9.88 Å². The Bertz CT molecular complexity index is 1230. The molecule has 2 aromatic carbocycles. The molecular weight excluding hydrogens is 472 g/mol. The maximum atomic E-state index is 11.2. The predicted octanol–water partition coefficient (Wildman–Crippen LogP) is 6.22. The van der Waals surface area contributed by atoms with Crippen LogP contribution >= 0.6 is 11.6 Å². The topological polar surface area (TPSA) is 54.8 Å². The molecule has 2 aliphatic heterocycles. The third-order valence-corrected chi connectivity index (χ3v) is 7.23. The van der Waals surface area contributed by atoms with E-state index in [-0.39, 0.29) is 6.10 Å². The van der Waals surface area contributed by atoms with Gasteiger partial charge in [0, 0.05) is 42.8 Å². The third kappa shape index (κ3) is 5.44. The van der Waals surface area contributed by atoms with Gasteiger partial charge in [-0.1, -0.05) is 41.9 Å². The van der Waals surface area contributed by atoms with Gasteiger partial charge in [-0.05, 0) is 74.6 Å². The summed E-state index contributed by atoms with van der Waals surface area (Å²) in [5, 5.41) is 11.9. The highest BCUT2D eigenvalue weighted by Crippen LogP contribution is 2.40. The lowest BCUT2D eigenvalue weighted by Crippen LogP contribution is -2.42. The quantitative estimate of drug-likeness (QED) is 0.432. The van der Waals surface area contributed by atoms with Crippen molar-refractivity contribution in [2.75, 3.05) is 19.6 Å². The van der Waals surface area contributed by atoms with E-state index in [1.54, 1.807) is 0 Å². The van der Waals surface area contributed by atoms with E-state index in [1.165, 1.54) is 0 Å². The van der Waals surface area contributed by atoms with Gasteiger partial charge in [-0.25, -0.2) is 0 Å². The first-order valence-corrected chi connectivity index (χ1v) is 13.1. The van der Waals surface area contributed by atoms with E-state index in [2.05, 4.69) is 28.1 Å². The van der Waals surface area contributed by atoms with Gasteiger partial charge in [-0.3, -0.25) is 4.98 Å². The number of aromatic nitrogens is 1. The van der Waals surface area contributed by atoms with Crippen LogP contribution in [0.1, 0.15) is 55.5 Å². The molecule has 1 aromatic heterocycles. The number of piperidine rings is 1. The number of aliphatic hydroxyl groups is 1. The second kappa shape index (κ2) is 10.6. The van der Waals surface area contributed by atoms with Gasteiger partial charge in [0.05, 0.1) is 11.7 Å². The number of para-hydroxylation sites is 1. The highest BCUT2D eigenvalue weighted by molar-refractivity contribution is 6.30. The Hall–Kier alpha value is -2.86. The second-order valence-electron chi connectivity index (χ2n) is 9.94. The smallest absolute Gasteiger partial charge is 0.172 e. The number of halogens is 1.